The van der Waals surface area contributed by atoms with Crippen LogP contribution >= 0.6 is 0 Å². The highest BCUT2D eigenvalue weighted by molar-refractivity contribution is 5.31. The van der Waals surface area contributed by atoms with Crippen LogP contribution in [0.3, 0.4) is 0 Å². The first-order chi connectivity index (χ1) is 11.9. The third kappa shape index (κ3) is 5.25. The minimum Gasteiger partial charge on any atom is -0.492 e. The average molecular weight is 317 g/mol. The first-order valence-corrected chi connectivity index (χ1v) is 8.40. The Balaban J connectivity index is 1.38. The summed E-state index contributed by atoms with van der Waals surface area (Å²) in [6, 6.07) is 29.3. The number of hydrogen-bond acceptors (Lipinski definition) is 2. The molecule has 0 aliphatic rings. The van der Waals surface area contributed by atoms with E-state index >= 15 is 0 Å². The van der Waals surface area contributed by atoms with Crippen molar-refractivity contribution in [2.24, 2.45) is 0 Å². The van der Waals surface area contributed by atoms with Crippen LogP contribution in [-0.4, -0.2) is 13.2 Å². The van der Waals surface area contributed by atoms with Crippen molar-refractivity contribution in [2.75, 3.05) is 13.2 Å². The SMILES string of the molecule is c1ccc(CNCCOc2ccc(Cc3ccccc3)cc2)cc1. The van der Waals surface area contributed by atoms with Gasteiger partial charge in [-0.3, -0.25) is 0 Å². The molecule has 0 amide bonds. The lowest BCUT2D eigenvalue weighted by Gasteiger charge is -2.09. The summed E-state index contributed by atoms with van der Waals surface area (Å²) in [5, 5.41) is 3.39. The number of benzene rings is 3. The van der Waals surface area contributed by atoms with Gasteiger partial charge in [0, 0.05) is 13.1 Å². The molecule has 2 nitrogen and oxygen atoms in total. The van der Waals surface area contributed by atoms with E-state index in [0.717, 1.165) is 25.3 Å². The molecular weight excluding hydrogens is 294 g/mol. The summed E-state index contributed by atoms with van der Waals surface area (Å²) in [6.07, 6.45) is 0.958. The van der Waals surface area contributed by atoms with Gasteiger partial charge in [0.05, 0.1) is 0 Å². The molecule has 3 rings (SSSR count). The van der Waals surface area contributed by atoms with Crippen LogP contribution in [-0.2, 0) is 13.0 Å². The molecule has 0 saturated heterocycles. The van der Waals surface area contributed by atoms with E-state index in [1.54, 1.807) is 0 Å². The number of nitrogens with one attached hydrogen (secondary N) is 1. The van der Waals surface area contributed by atoms with Gasteiger partial charge in [-0.25, -0.2) is 0 Å². The fraction of sp³-hybridized carbons (Fsp3) is 0.182. The van der Waals surface area contributed by atoms with Crippen molar-refractivity contribution in [2.45, 2.75) is 13.0 Å². The number of ether oxygens (including phenoxy) is 1. The van der Waals surface area contributed by atoms with Crippen LogP contribution in [0.4, 0.5) is 0 Å². The predicted molar refractivity (Wildman–Crippen MR) is 99.3 cm³/mol. The zero-order chi connectivity index (χ0) is 16.5. The molecule has 0 radical (unpaired) electrons. The van der Waals surface area contributed by atoms with E-state index in [4.69, 9.17) is 4.74 Å². The molecule has 0 fully saturated rings. The normalized spacial score (nSPS) is 10.5. The van der Waals surface area contributed by atoms with Gasteiger partial charge in [0.1, 0.15) is 12.4 Å². The molecule has 2 heteroatoms. The summed E-state index contributed by atoms with van der Waals surface area (Å²) in [5.41, 5.74) is 3.93. The van der Waals surface area contributed by atoms with Gasteiger partial charge >= 0.3 is 0 Å². The maximum absolute atomic E-state index is 5.79. The molecule has 0 aliphatic heterocycles. The van der Waals surface area contributed by atoms with Gasteiger partial charge < -0.3 is 10.1 Å². The zero-order valence-corrected chi connectivity index (χ0v) is 13.8. The molecule has 0 aromatic heterocycles. The van der Waals surface area contributed by atoms with Gasteiger partial charge in [-0.2, -0.15) is 0 Å². The Hall–Kier alpha value is -2.58. The highest BCUT2D eigenvalue weighted by Gasteiger charge is 1.98. The first-order valence-electron chi connectivity index (χ1n) is 8.40. The smallest absolute Gasteiger partial charge is 0.119 e. The summed E-state index contributed by atoms with van der Waals surface area (Å²) in [7, 11) is 0. The lowest BCUT2D eigenvalue weighted by atomic mass is 10.1. The van der Waals surface area contributed by atoms with Crippen LogP contribution in [0.25, 0.3) is 0 Å². The molecule has 3 aromatic carbocycles. The Labute approximate surface area is 144 Å². The highest BCUT2D eigenvalue weighted by Crippen LogP contribution is 2.15. The van der Waals surface area contributed by atoms with Crippen LogP contribution in [0.2, 0.25) is 0 Å². The van der Waals surface area contributed by atoms with E-state index in [1.807, 2.05) is 12.1 Å². The van der Waals surface area contributed by atoms with Gasteiger partial charge in [-0.1, -0.05) is 72.8 Å². The Kier molecular flexibility index (Phi) is 6.04. The van der Waals surface area contributed by atoms with Gasteiger partial charge in [0.2, 0.25) is 0 Å². The summed E-state index contributed by atoms with van der Waals surface area (Å²) in [6.45, 7) is 2.38. The molecule has 3 aromatic rings. The van der Waals surface area contributed by atoms with Gasteiger partial charge in [-0.05, 0) is 35.2 Å². The molecule has 0 unspecified atom stereocenters. The van der Waals surface area contributed by atoms with Crippen molar-refractivity contribution in [3.63, 3.8) is 0 Å². The molecule has 24 heavy (non-hydrogen) atoms. The van der Waals surface area contributed by atoms with Crippen LogP contribution in [0.1, 0.15) is 16.7 Å². The quantitative estimate of drug-likeness (QED) is 0.620. The summed E-state index contributed by atoms with van der Waals surface area (Å²) >= 11 is 0. The third-order valence-corrected chi connectivity index (χ3v) is 3.89. The largest absolute Gasteiger partial charge is 0.492 e. The van der Waals surface area contributed by atoms with E-state index in [1.165, 1.54) is 16.7 Å². The summed E-state index contributed by atoms with van der Waals surface area (Å²) < 4.78 is 5.79. The molecule has 1 N–H and O–H groups in total. The van der Waals surface area contributed by atoms with Crippen molar-refractivity contribution < 1.29 is 4.74 Å². The summed E-state index contributed by atoms with van der Waals surface area (Å²) in [4.78, 5) is 0. The summed E-state index contributed by atoms with van der Waals surface area (Å²) in [5.74, 6) is 0.924. The molecule has 0 spiro atoms. The second-order valence-corrected chi connectivity index (χ2v) is 5.82. The van der Waals surface area contributed by atoms with E-state index in [0.29, 0.717) is 6.61 Å². The lowest BCUT2D eigenvalue weighted by molar-refractivity contribution is 0.313. The monoisotopic (exact) mass is 317 g/mol. The number of rotatable bonds is 8. The van der Waals surface area contributed by atoms with E-state index in [9.17, 15) is 0 Å². The highest BCUT2D eigenvalue weighted by atomic mass is 16.5. The maximum atomic E-state index is 5.79. The predicted octanol–water partition coefficient (Wildman–Crippen LogP) is 4.45. The van der Waals surface area contributed by atoms with E-state index in [2.05, 4.69) is 78.1 Å². The minimum atomic E-state index is 0.671. The molecule has 0 atom stereocenters. The average Bonchev–Trinajstić information content (AvgIpc) is 2.65. The fourth-order valence-corrected chi connectivity index (χ4v) is 2.60. The van der Waals surface area contributed by atoms with E-state index < -0.39 is 0 Å². The van der Waals surface area contributed by atoms with Crippen LogP contribution in [0, 0.1) is 0 Å². The Morgan fingerprint density at radius 1 is 0.625 bits per heavy atom. The maximum Gasteiger partial charge on any atom is 0.119 e. The van der Waals surface area contributed by atoms with Crippen LogP contribution in [0.5, 0.6) is 5.75 Å². The van der Waals surface area contributed by atoms with Crippen molar-refractivity contribution >= 4 is 0 Å². The van der Waals surface area contributed by atoms with Crippen LogP contribution in [0.15, 0.2) is 84.9 Å². The fourth-order valence-electron chi connectivity index (χ4n) is 2.60. The topological polar surface area (TPSA) is 21.3 Å². The molecule has 0 heterocycles. The zero-order valence-electron chi connectivity index (χ0n) is 13.8. The van der Waals surface area contributed by atoms with Crippen molar-refractivity contribution in [3.05, 3.63) is 102 Å². The molecular formula is C22H23NO. The van der Waals surface area contributed by atoms with Crippen molar-refractivity contribution in [1.29, 1.82) is 0 Å². The number of hydrogen-bond donors (Lipinski definition) is 1. The second kappa shape index (κ2) is 8.90. The van der Waals surface area contributed by atoms with Gasteiger partial charge in [-0.15, -0.1) is 0 Å². The standard InChI is InChI=1S/C22H23NO/c1-3-7-19(8-4-1)17-20-11-13-22(14-12-20)24-16-15-23-18-21-9-5-2-6-10-21/h1-14,23H,15-18H2. The third-order valence-electron chi connectivity index (χ3n) is 3.89. The van der Waals surface area contributed by atoms with Gasteiger partial charge in [0.15, 0.2) is 0 Å². The van der Waals surface area contributed by atoms with Crippen molar-refractivity contribution in [3.8, 4) is 5.75 Å². The lowest BCUT2D eigenvalue weighted by Crippen LogP contribution is -2.20. The Morgan fingerprint density at radius 2 is 1.21 bits per heavy atom. The Bertz CT molecular complexity index is 708. The molecule has 122 valence electrons. The van der Waals surface area contributed by atoms with Crippen molar-refractivity contribution in [1.82, 2.24) is 5.32 Å². The molecule has 0 bridgehead atoms. The minimum absolute atomic E-state index is 0.671. The van der Waals surface area contributed by atoms with E-state index in [-0.39, 0.29) is 0 Å². The van der Waals surface area contributed by atoms with Gasteiger partial charge in [0.25, 0.3) is 0 Å². The molecule has 0 saturated carbocycles. The van der Waals surface area contributed by atoms with Crippen LogP contribution < -0.4 is 10.1 Å². The first kappa shape index (κ1) is 16.3. The molecule has 0 aliphatic carbocycles. The Morgan fingerprint density at radius 3 is 1.88 bits per heavy atom. The second-order valence-electron chi connectivity index (χ2n) is 5.82.